The lowest BCUT2D eigenvalue weighted by atomic mass is 10.2. The fourth-order valence-electron chi connectivity index (χ4n) is 2.77. The van der Waals surface area contributed by atoms with Gasteiger partial charge in [-0.25, -0.2) is 4.98 Å². The number of hydrogen-bond acceptors (Lipinski definition) is 5. The van der Waals surface area contributed by atoms with Gasteiger partial charge in [0, 0.05) is 11.9 Å². The lowest BCUT2D eigenvalue weighted by Crippen LogP contribution is -2.20. The van der Waals surface area contributed by atoms with E-state index in [0.29, 0.717) is 21.9 Å². The van der Waals surface area contributed by atoms with Crippen molar-refractivity contribution in [3.63, 3.8) is 0 Å². The van der Waals surface area contributed by atoms with E-state index < -0.39 is 0 Å². The van der Waals surface area contributed by atoms with Gasteiger partial charge in [-0.1, -0.05) is 59.4 Å². The maximum absolute atomic E-state index is 12.5. The van der Waals surface area contributed by atoms with Crippen LogP contribution in [0.5, 0.6) is 0 Å². The van der Waals surface area contributed by atoms with E-state index in [9.17, 15) is 4.79 Å². The fraction of sp³-hybridized carbons (Fsp3) is 0.0952. The average molecular weight is 359 g/mol. The Labute approximate surface area is 155 Å². The summed E-state index contributed by atoms with van der Waals surface area (Å²) in [6, 6.07) is 21.9. The van der Waals surface area contributed by atoms with E-state index in [1.165, 1.54) is 16.9 Å². The third kappa shape index (κ3) is 3.34. The monoisotopic (exact) mass is 359 g/mol. The lowest BCUT2D eigenvalue weighted by Gasteiger charge is -2.23. The number of aromatic nitrogens is 2. The highest BCUT2D eigenvalue weighted by molar-refractivity contribution is 7.21. The molecule has 26 heavy (non-hydrogen) atoms. The largest absolute Gasteiger partial charge is 0.313 e. The van der Waals surface area contributed by atoms with Crippen LogP contribution in [0.1, 0.15) is 11.1 Å². The van der Waals surface area contributed by atoms with Gasteiger partial charge in [0.25, 0.3) is 5.56 Å². The van der Waals surface area contributed by atoms with E-state index in [2.05, 4.69) is 58.2 Å². The molecule has 0 unspecified atom stereocenters. The second-order valence-electron chi connectivity index (χ2n) is 6.07. The van der Waals surface area contributed by atoms with Crippen LogP contribution in [-0.4, -0.2) is 9.97 Å². The van der Waals surface area contributed by atoms with Crippen molar-refractivity contribution in [1.82, 2.24) is 9.97 Å². The van der Waals surface area contributed by atoms with E-state index in [0.717, 1.165) is 11.3 Å². The van der Waals surface area contributed by atoms with Crippen molar-refractivity contribution in [2.45, 2.75) is 13.5 Å². The number of nitrogens with zero attached hydrogens (tertiary/aromatic N) is 3. The summed E-state index contributed by atoms with van der Waals surface area (Å²) < 4.78 is 0. The molecule has 2 heterocycles. The lowest BCUT2D eigenvalue weighted by molar-refractivity contribution is 0.958. The number of pyridine rings is 1. The molecule has 0 aliphatic heterocycles. The normalized spacial score (nSPS) is 10.8. The van der Waals surface area contributed by atoms with Crippen LogP contribution in [0, 0.1) is 6.92 Å². The summed E-state index contributed by atoms with van der Waals surface area (Å²) in [4.78, 5) is 23.9. The molecule has 0 aliphatic rings. The van der Waals surface area contributed by atoms with Gasteiger partial charge in [-0.15, -0.1) is 0 Å². The van der Waals surface area contributed by atoms with Gasteiger partial charge in [0.1, 0.15) is 4.83 Å². The SMILES string of the molecule is Cc1ccc(N(Cc2ccccc2)c2nc(=O)c3cccnc3s2)cc1. The van der Waals surface area contributed by atoms with Crippen molar-refractivity contribution in [2.75, 3.05) is 4.90 Å². The van der Waals surface area contributed by atoms with E-state index in [4.69, 9.17) is 0 Å². The molecule has 5 heteroatoms. The molecular weight excluding hydrogens is 342 g/mol. The van der Waals surface area contributed by atoms with Crippen LogP contribution in [-0.2, 0) is 6.54 Å². The second kappa shape index (κ2) is 7.06. The van der Waals surface area contributed by atoms with Crippen LogP contribution in [0.15, 0.2) is 77.7 Å². The predicted octanol–water partition coefficient (Wildman–Crippen LogP) is 4.70. The molecule has 128 valence electrons. The molecule has 0 amide bonds. The Balaban J connectivity index is 1.84. The number of hydrogen-bond donors (Lipinski definition) is 0. The smallest absolute Gasteiger partial charge is 0.282 e. The van der Waals surface area contributed by atoms with Crippen LogP contribution in [0.2, 0.25) is 0 Å². The van der Waals surface area contributed by atoms with Gasteiger partial charge < -0.3 is 4.90 Å². The number of benzene rings is 2. The zero-order valence-corrected chi connectivity index (χ0v) is 15.1. The highest BCUT2D eigenvalue weighted by Gasteiger charge is 2.15. The average Bonchev–Trinajstić information content (AvgIpc) is 2.68. The number of rotatable bonds is 4. The van der Waals surface area contributed by atoms with Crippen molar-refractivity contribution in [3.05, 3.63) is 94.4 Å². The van der Waals surface area contributed by atoms with Gasteiger partial charge in [0.2, 0.25) is 0 Å². The standard InChI is InChI=1S/C21H17N3OS/c1-15-9-11-17(12-10-15)24(14-16-6-3-2-4-7-16)21-23-19(25)18-8-5-13-22-20(18)26-21/h2-13H,14H2,1H3. The van der Waals surface area contributed by atoms with E-state index >= 15 is 0 Å². The molecule has 0 radical (unpaired) electrons. The summed E-state index contributed by atoms with van der Waals surface area (Å²) in [5.41, 5.74) is 3.09. The van der Waals surface area contributed by atoms with Crippen molar-refractivity contribution in [3.8, 4) is 0 Å². The topological polar surface area (TPSA) is 46.1 Å². The van der Waals surface area contributed by atoms with Gasteiger partial charge in [0.05, 0.1) is 11.9 Å². The van der Waals surface area contributed by atoms with Gasteiger partial charge >= 0.3 is 0 Å². The minimum Gasteiger partial charge on any atom is -0.313 e. The summed E-state index contributed by atoms with van der Waals surface area (Å²) in [5, 5.41) is 1.21. The van der Waals surface area contributed by atoms with Gasteiger partial charge in [-0.05, 0) is 36.8 Å². The van der Waals surface area contributed by atoms with Crippen molar-refractivity contribution in [1.29, 1.82) is 0 Å². The quantitative estimate of drug-likeness (QED) is 0.530. The van der Waals surface area contributed by atoms with Crippen LogP contribution >= 0.6 is 11.3 Å². The molecule has 4 aromatic rings. The molecule has 4 rings (SSSR count). The summed E-state index contributed by atoms with van der Waals surface area (Å²) in [6.07, 6.45) is 1.70. The predicted molar refractivity (Wildman–Crippen MR) is 107 cm³/mol. The number of anilines is 2. The zero-order valence-electron chi connectivity index (χ0n) is 14.3. The van der Waals surface area contributed by atoms with Crippen LogP contribution < -0.4 is 10.5 Å². The van der Waals surface area contributed by atoms with Gasteiger partial charge in [0.15, 0.2) is 5.13 Å². The van der Waals surface area contributed by atoms with E-state index in [-0.39, 0.29) is 5.56 Å². The first kappa shape index (κ1) is 16.4. The third-order valence-corrected chi connectivity index (χ3v) is 5.16. The number of fused-ring (bicyclic) bond motifs is 1. The fourth-order valence-corrected chi connectivity index (χ4v) is 3.73. The molecular formula is C21H17N3OS. The van der Waals surface area contributed by atoms with Crippen molar-refractivity contribution >= 4 is 32.4 Å². The highest BCUT2D eigenvalue weighted by Crippen LogP contribution is 2.30. The molecule has 4 nitrogen and oxygen atoms in total. The maximum Gasteiger partial charge on any atom is 0.282 e. The molecule has 0 bridgehead atoms. The Bertz CT molecular complexity index is 1090. The zero-order chi connectivity index (χ0) is 17.9. The summed E-state index contributed by atoms with van der Waals surface area (Å²) >= 11 is 1.43. The Morgan fingerprint density at radius 1 is 0.962 bits per heavy atom. The van der Waals surface area contributed by atoms with Crippen molar-refractivity contribution in [2.24, 2.45) is 0 Å². The Morgan fingerprint density at radius 2 is 1.73 bits per heavy atom. The molecule has 2 aromatic heterocycles. The Hall–Kier alpha value is -3.05. The summed E-state index contributed by atoms with van der Waals surface area (Å²) in [5.74, 6) is 0. The Morgan fingerprint density at radius 3 is 2.50 bits per heavy atom. The van der Waals surface area contributed by atoms with E-state index in [1.807, 2.05) is 18.2 Å². The minimum absolute atomic E-state index is 0.243. The molecule has 2 aromatic carbocycles. The number of aryl methyl sites for hydroxylation is 1. The molecule has 0 fully saturated rings. The van der Waals surface area contributed by atoms with E-state index in [1.54, 1.807) is 18.3 Å². The molecule has 0 spiro atoms. The van der Waals surface area contributed by atoms with Crippen molar-refractivity contribution < 1.29 is 0 Å². The maximum atomic E-state index is 12.5. The van der Waals surface area contributed by atoms with Crippen LogP contribution in [0.3, 0.4) is 0 Å². The minimum atomic E-state index is -0.243. The molecule has 0 saturated carbocycles. The first-order valence-electron chi connectivity index (χ1n) is 8.35. The molecule has 0 atom stereocenters. The first-order chi connectivity index (χ1) is 12.7. The summed E-state index contributed by atoms with van der Waals surface area (Å²) in [7, 11) is 0. The third-order valence-electron chi connectivity index (χ3n) is 4.15. The van der Waals surface area contributed by atoms with Gasteiger partial charge in [-0.2, -0.15) is 4.98 Å². The first-order valence-corrected chi connectivity index (χ1v) is 9.16. The Kier molecular flexibility index (Phi) is 4.46. The van der Waals surface area contributed by atoms with Gasteiger partial charge in [-0.3, -0.25) is 4.79 Å². The summed E-state index contributed by atoms with van der Waals surface area (Å²) in [6.45, 7) is 2.69. The molecule has 0 N–H and O–H groups in total. The second-order valence-corrected chi connectivity index (χ2v) is 7.02. The molecule has 0 aliphatic carbocycles. The van der Waals surface area contributed by atoms with Crippen LogP contribution in [0.25, 0.3) is 10.2 Å². The van der Waals surface area contributed by atoms with Crippen LogP contribution in [0.4, 0.5) is 10.8 Å². The highest BCUT2D eigenvalue weighted by atomic mass is 32.1. The molecule has 0 saturated heterocycles.